The van der Waals surface area contributed by atoms with E-state index >= 15 is 0 Å². The van der Waals surface area contributed by atoms with E-state index in [-0.39, 0.29) is 17.7 Å². The molecular weight excluding hydrogens is 75.9 g/mol. The van der Waals surface area contributed by atoms with Crippen molar-refractivity contribution in [3.63, 3.8) is 0 Å². The molecule has 0 aliphatic rings. The molecule has 0 rings (SSSR count). The van der Waals surface area contributed by atoms with E-state index in [0.717, 1.165) is 0 Å². The summed E-state index contributed by atoms with van der Waals surface area (Å²) >= 11 is 0.188. The molecule has 4 heteroatoms. The summed E-state index contributed by atoms with van der Waals surface area (Å²) < 4.78 is 31.1. The predicted molar refractivity (Wildman–Crippen MR) is 11.8 cm³/mol. The minimum atomic E-state index is -4.00. The van der Waals surface area contributed by atoms with Gasteiger partial charge in [0.05, 0.1) is 0 Å². The van der Waals surface area contributed by atoms with Gasteiger partial charge in [-0.3, -0.25) is 0 Å². The predicted octanol–water partition coefficient (Wildman–Crippen LogP) is 0.675. The summed E-state index contributed by atoms with van der Waals surface area (Å²) in [7, 11) is 0. The first-order valence-corrected chi connectivity index (χ1v) is 1.07. The molecule has 0 amide bonds. The summed E-state index contributed by atoms with van der Waals surface area (Å²) in [5.41, 5.74) is 0. The Bertz CT molecular complexity index is 22.4. The molecule has 0 fully saturated rings. The van der Waals surface area contributed by atoms with Crippen LogP contribution in [0.2, 0.25) is 0 Å². The molecule has 0 aromatic heterocycles. The van der Waals surface area contributed by atoms with Gasteiger partial charge in [-0.15, -0.1) is 0 Å². The van der Waals surface area contributed by atoms with Gasteiger partial charge >= 0.3 is 35.7 Å². The standard InChI is InChI=1S/CF3.Li/c2-1(3)4;. The van der Waals surface area contributed by atoms with Crippen molar-refractivity contribution in [2.75, 3.05) is 0 Å². The molecule has 0 aliphatic carbocycles. The molecule has 0 saturated heterocycles. The summed E-state index contributed by atoms with van der Waals surface area (Å²) in [5.74, 6) is 0. The van der Waals surface area contributed by atoms with Gasteiger partial charge in [0.15, 0.2) is 0 Å². The number of rotatable bonds is 0. The number of hydrogen-bond acceptors (Lipinski definition) is 0. The van der Waals surface area contributed by atoms with Gasteiger partial charge in [-0.1, -0.05) is 0 Å². The summed E-state index contributed by atoms with van der Waals surface area (Å²) in [4.78, 5) is -4.00. The monoisotopic (exact) mass is 76.0 g/mol. The van der Waals surface area contributed by atoms with Crippen molar-refractivity contribution in [2.45, 2.75) is 4.85 Å². The third kappa shape index (κ3) is 167. The Morgan fingerprint density at radius 3 is 1.20 bits per heavy atom. The Labute approximate surface area is 36.6 Å². The van der Waals surface area contributed by atoms with Crippen LogP contribution in [0, 0.1) is 0 Å². The van der Waals surface area contributed by atoms with Crippen molar-refractivity contribution >= 4 is 17.7 Å². The van der Waals surface area contributed by atoms with Crippen LogP contribution in [0.15, 0.2) is 0 Å². The van der Waals surface area contributed by atoms with Crippen LogP contribution in [0.5, 0.6) is 0 Å². The first-order chi connectivity index (χ1) is 2.00. The zero-order valence-corrected chi connectivity index (χ0v) is 2.63. The Kier molecular flexibility index (Phi) is 1.33. The average molecular weight is 75.9 g/mol. The Hall–Kier alpha value is 0.387. The SMILES string of the molecule is [Li][C](F)(F)F. The van der Waals surface area contributed by atoms with Crippen molar-refractivity contribution < 1.29 is 13.2 Å². The van der Waals surface area contributed by atoms with Crippen molar-refractivity contribution in [3.05, 3.63) is 0 Å². The van der Waals surface area contributed by atoms with Gasteiger partial charge in [-0.2, -0.15) is 0 Å². The Morgan fingerprint density at radius 2 is 1.20 bits per heavy atom. The molecule has 0 nitrogen and oxygen atoms in total. The van der Waals surface area contributed by atoms with Crippen LogP contribution in [-0.4, -0.2) is 22.6 Å². The molecule has 0 N–H and O–H groups in total. The van der Waals surface area contributed by atoms with E-state index in [1.54, 1.807) is 0 Å². The molecule has 0 bridgehead atoms. The van der Waals surface area contributed by atoms with E-state index in [4.69, 9.17) is 0 Å². The first kappa shape index (κ1) is 5.39. The molecule has 5 heavy (non-hydrogen) atoms. The zero-order chi connectivity index (χ0) is 4.50. The third-order valence-electron chi connectivity index (χ3n) is 0. The van der Waals surface area contributed by atoms with Crippen LogP contribution in [0.4, 0.5) is 13.2 Å². The van der Waals surface area contributed by atoms with Crippen LogP contribution < -0.4 is 0 Å². The number of hydrogen-bond donors (Lipinski definition) is 0. The number of alkyl halides is 3. The van der Waals surface area contributed by atoms with Gasteiger partial charge in [0.2, 0.25) is 0 Å². The van der Waals surface area contributed by atoms with E-state index in [9.17, 15) is 13.2 Å². The fourth-order valence-electron chi connectivity index (χ4n) is 0. The summed E-state index contributed by atoms with van der Waals surface area (Å²) in [6, 6.07) is 0. The second-order valence-electron chi connectivity index (χ2n) is 0.781. The fraction of sp³-hybridized carbons (Fsp3) is 1.00. The molecular formula is CF3Li. The van der Waals surface area contributed by atoms with E-state index < -0.39 is 4.85 Å². The summed E-state index contributed by atoms with van der Waals surface area (Å²) in [6.45, 7) is 0. The van der Waals surface area contributed by atoms with Gasteiger partial charge in [0.1, 0.15) is 0 Å². The molecule has 0 atom stereocenters. The second-order valence-corrected chi connectivity index (χ2v) is 0.781. The molecule has 0 aromatic carbocycles. The second kappa shape index (κ2) is 1.23. The molecule has 0 spiro atoms. The average Bonchev–Trinajstić information content (AvgIpc) is 0.722. The summed E-state index contributed by atoms with van der Waals surface area (Å²) in [5, 5.41) is 0. The van der Waals surface area contributed by atoms with Crippen LogP contribution in [-0.2, 0) is 0 Å². The van der Waals surface area contributed by atoms with Crippen LogP contribution >= 0.6 is 0 Å². The van der Waals surface area contributed by atoms with Gasteiger partial charge in [-0.25, -0.2) is 0 Å². The number of halogens is 3. The van der Waals surface area contributed by atoms with Crippen LogP contribution in [0.3, 0.4) is 0 Å². The molecule has 26 valence electrons. The topological polar surface area (TPSA) is 0 Å². The maximum atomic E-state index is 10.4. The molecule has 0 unspecified atom stereocenters. The first-order valence-electron chi connectivity index (χ1n) is 1.07. The molecule has 0 heterocycles. The Morgan fingerprint density at radius 1 is 1.20 bits per heavy atom. The van der Waals surface area contributed by atoms with Crippen molar-refractivity contribution in [1.82, 2.24) is 0 Å². The van der Waals surface area contributed by atoms with E-state index in [1.165, 1.54) is 0 Å². The zero-order valence-electron chi connectivity index (χ0n) is 2.63. The quantitative estimate of drug-likeness (QED) is 0.372. The summed E-state index contributed by atoms with van der Waals surface area (Å²) in [6.07, 6.45) is 0. The normalized spacial score (nSPS) is 12.2. The van der Waals surface area contributed by atoms with Gasteiger partial charge < -0.3 is 0 Å². The van der Waals surface area contributed by atoms with Crippen LogP contribution in [0.25, 0.3) is 0 Å². The molecule has 0 radical (unpaired) electrons. The van der Waals surface area contributed by atoms with Gasteiger partial charge in [0.25, 0.3) is 0 Å². The maximum absolute atomic E-state index is 10.4. The molecule has 0 aliphatic heterocycles. The van der Waals surface area contributed by atoms with Gasteiger partial charge in [-0.05, 0) is 0 Å². The van der Waals surface area contributed by atoms with E-state index in [2.05, 4.69) is 0 Å². The molecule has 0 aromatic rings. The Balaban J connectivity index is 3.02. The van der Waals surface area contributed by atoms with Crippen molar-refractivity contribution in [1.29, 1.82) is 0 Å². The molecule has 0 saturated carbocycles. The van der Waals surface area contributed by atoms with Crippen molar-refractivity contribution in [3.8, 4) is 0 Å². The third-order valence-corrected chi connectivity index (χ3v) is 0. The van der Waals surface area contributed by atoms with Gasteiger partial charge in [0, 0.05) is 0 Å². The van der Waals surface area contributed by atoms with Crippen LogP contribution in [0.1, 0.15) is 0 Å². The van der Waals surface area contributed by atoms with Crippen molar-refractivity contribution in [2.24, 2.45) is 0 Å². The minimum absolute atomic E-state index is 0.188. The fourth-order valence-corrected chi connectivity index (χ4v) is 0. The van der Waals surface area contributed by atoms with E-state index in [0.29, 0.717) is 0 Å². The van der Waals surface area contributed by atoms with E-state index in [1.807, 2.05) is 0 Å².